The predicted octanol–water partition coefficient (Wildman–Crippen LogP) is -2.68. The number of rotatable bonds is 1. The van der Waals surface area contributed by atoms with Crippen molar-refractivity contribution in [2.75, 3.05) is 6.61 Å². The summed E-state index contributed by atoms with van der Waals surface area (Å²) in [6, 6.07) is 0. The highest BCUT2D eigenvalue weighted by molar-refractivity contribution is 4.95. The first kappa shape index (κ1) is 9.85. The minimum Gasteiger partial charge on any atom is -0.394 e. The van der Waals surface area contributed by atoms with Crippen LogP contribution in [0.4, 0.5) is 0 Å². The lowest BCUT2D eigenvalue weighted by molar-refractivity contribution is -0.230. The molecule has 4 atom stereocenters. The molecule has 5 N–H and O–H groups in total. The van der Waals surface area contributed by atoms with Crippen molar-refractivity contribution in [2.45, 2.75) is 24.4 Å². The highest BCUT2D eigenvalue weighted by atomic mass is 16.6. The monoisotopic (exact) mass is 179 g/mol. The summed E-state index contributed by atoms with van der Waals surface area (Å²) in [5.41, 5.74) is 0. The van der Waals surface area contributed by atoms with Crippen LogP contribution in [0.2, 0.25) is 0 Å². The molecule has 6 heteroatoms. The van der Waals surface area contributed by atoms with Gasteiger partial charge in [0.2, 0.25) is 0 Å². The number of hydrogen-bond acceptors (Lipinski definition) is 6. The second kappa shape index (κ2) is 3.65. The Kier molecular flexibility index (Phi) is 2.99. The molecule has 1 aliphatic heterocycles. The molecule has 1 radical (unpaired) electrons. The first-order valence-corrected chi connectivity index (χ1v) is 3.45. The first-order valence-electron chi connectivity index (χ1n) is 3.45. The van der Waals surface area contributed by atoms with Crippen molar-refractivity contribution in [3.05, 3.63) is 6.29 Å². The number of ether oxygens (including phenoxy) is 1. The largest absolute Gasteiger partial charge is 0.394 e. The van der Waals surface area contributed by atoms with Gasteiger partial charge in [-0.1, -0.05) is 0 Å². The van der Waals surface area contributed by atoms with Crippen LogP contribution >= 0.6 is 0 Å². The summed E-state index contributed by atoms with van der Waals surface area (Å²) in [6.45, 7) is -0.547. The van der Waals surface area contributed by atoms with E-state index in [9.17, 15) is 0 Å². The second-order valence-corrected chi connectivity index (χ2v) is 2.60. The Balaban J connectivity index is 2.63. The lowest BCUT2D eigenvalue weighted by Crippen LogP contribution is -2.55. The highest BCUT2D eigenvalue weighted by Crippen LogP contribution is 2.23. The fourth-order valence-corrected chi connectivity index (χ4v) is 0.993. The Hall–Kier alpha value is -0.240. The van der Waals surface area contributed by atoms with Crippen molar-refractivity contribution in [2.24, 2.45) is 0 Å². The summed E-state index contributed by atoms with van der Waals surface area (Å²) in [4.78, 5) is 0. The summed E-state index contributed by atoms with van der Waals surface area (Å²) in [6.07, 6.45) is -6.44. The van der Waals surface area contributed by atoms with Crippen LogP contribution in [0.1, 0.15) is 0 Å². The molecule has 1 rings (SSSR count). The van der Waals surface area contributed by atoms with Gasteiger partial charge >= 0.3 is 0 Å². The van der Waals surface area contributed by atoms with E-state index in [1.165, 1.54) is 0 Å². The lowest BCUT2D eigenvalue weighted by Gasteiger charge is -2.36. The maximum absolute atomic E-state index is 9.11. The molecule has 0 aromatic heterocycles. The fraction of sp³-hybridized carbons (Fsp3) is 0.833. The molecule has 0 spiro atoms. The maximum Gasteiger partial charge on any atom is 0.254 e. The van der Waals surface area contributed by atoms with Gasteiger partial charge in [-0.3, -0.25) is 0 Å². The van der Waals surface area contributed by atoms with Crippen LogP contribution in [-0.4, -0.2) is 56.6 Å². The van der Waals surface area contributed by atoms with Gasteiger partial charge in [-0.15, -0.1) is 0 Å². The molecular weight excluding hydrogens is 168 g/mol. The molecule has 1 heterocycles. The van der Waals surface area contributed by atoms with Crippen molar-refractivity contribution in [3.63, 3.8) is 0 Å². The zero-order chi connectivity index (χ0) is 9.30. The molecule has 1 fully saturated rings. The van der Waals surface area contributed by atoms with Gasteiger partial charge < -0.3 is 30.3 Å². The minimum absolute atomic E-state index is 0.547. The standard InChI is InChI=1S/C6H11O6/c7-1-2-3(8)4(9)5(10)6(11)12-2/h2-5,7-11H,1H2/t2-,3-,4+,5+/m0/s1. The number of hydrogen-bond donors (Lipinski definition) is 5. The zero-order valence-electron chi connectivity index (χ0n) is 6.16. The van der Waals surface area contributed by atoms with Gasteiger partial charge in [-0.05, 0) is 0 Å². The highest BCUT2D eigenvalue weighted by Gasteiger charge is 2.43. The van der Waals surface area contributed by atoms with E-state index in [1.54, 1.807) is 0 Å². The molecule has 0 aliphatic carbocycles. The zero-order valence-corrected chi connectivity index (χ0v) is 6.16. The fourth-order valence-electron chi connectivity index (χ4n) is 0.993. The second-order valence-electron chi connectivity index (χ2n) is 2.60. The average Bonchev–Trinajstić information content (AvgIpc) is 2.08. The van der Waals surface area contributed by atoms with E-state index < -0.39 is 37.3 Å². The van der Waals surface area contributed by atoms with Gasteiger partial charge in [0, 0.05) is 0 Å². The van der Waals surface area contributed by atoms with Crippen LogP contribution in [-0.2, 0) is 4.74 Å². The predicted molar refractivity (Wildman–Crippen MR) is 35.2 cm³/mol. The van der Waals surface area contributed by atoms with E-state index in [1.807, 2.05) is 0 Å². The van der Waals surface area contributed by atoms with E-state index in [0.717, 1.165) is 0 Å². The molecule has 1 aliphatic rings. The van der Waals surface area contributed by atoms with E-state index in [-0.39, 0.29) is 0 Å². The van der Waals surface area contributed by atoms with Crippen molar-refractivity contribution in [3.8, 4) is 0 Å². The van der Waals surface area contributed by atoms with Crippen LogP contribution in [0.25, 0.3) is 0 Å². The van der Waals surface area contributed by atoms with Gasteiger partial charge in [0.15, 0.2) is 0 Å². The maximum atomic E-state index is 9.11. The Labute approximate surface area is 68.6 Å². The van der Waals surface area contributed by atoms with Gasteiger partial charge in [-0.2, -0.15) is 0 Å². The third kappa shape index (κ3) is 1.58. The summed E-state index contributed by atoms with van der Waals surface area (Å²) in [7, 11) is 0. The van der Waals surface area contributed by atoms with Crippen molar-refractivity contribution in [1.29, 1.82) is 0 Å². The molecular formula is C6H11O6. The molecule has 1 saturated heterocycles. The number of aliphatic hydroxyl groups is 5. The molecule has 6 nitrogen and oxygen atoms in total. The summed E-state index contributed by atoms with van der Waals surface area (Å²) in [5.74, 6) is 0. The SMILES string of the molecule is OC[C@@H]1O[C](O)[C@H](O)[C@H](O)[C@H]1O. The molecule has 0 saturated carbocycles. The quantitative estimate of drug-likeness (QED) is 0.300. The smallest absolute Gasteiger partial charge is 0.254 e. The number of aliphatic hydroxyl groups excluding tert-OH is 5. The van der Waals surface area contributed by atoms with Crippen LogP contribution in [0.15, 0.2) is 0 Å². The summed E-state index contributed by atoms with van der Waals surface area (Å²) >= 11 is 0. The average molecular weight is 179 g/mol. The van der Waals surface area contributed by atoms with Crippen LogP contribution in [0.5, 0.6) is 0 Å². The summed E-state index contributed by atoms with van der Waals surface area (Å²) in [5, 5.41) is 44.5. The van der Waals surface area contributed by atoms with E-state index in [2.05, 4.69) is 4.74 Å². The Bertz CT molecular complexity index is 146. The van der Waals surface area contributed by atoms with Crippen LogP contribution < -0.4 is 0 Å². The molecule has 0 bridgehead atoms. The topological polar surface area (TPSA) is 110 Å². The van der Waals surface area contributed by atoms with E-state index in [0.29, 0.717) is 0 Å². The van der Waals surface area contributed by atoms with Gasteiger partial charge in [0.25, 0.3) is 6.29 Å². The van der Waals surface area contributed by atoms with Crippen molar-refractivity contribution in [1.82, 2.24) is 0 Å². The lowest BCUT2D eigenvalue weighted by atomic mass is 10.00. The minimum atomic E-state index is -1.62. The molecule has 12 heavy (non-hydrogen) atoms. The third-order valence-electron chi connectivity index (χ3n) is 1.76. The third-order valence-corrected chi connectivity index (χ3v) is 1.76. The molecule has 0 unspecified atom stereocenters. The Morgan fingerprint density at radius 1 is 1.17 bits per heavy atom. The molecule has 0 aromatic carbocycles. The first-order chi connectivity index (χ1) is 5.57. The van der Waals surface area contributed by atoms with Gasteiger partial charge in [0.05, 0.1) is 6.61 Å². The van der Waals surface area contributed by atoms with Crippen LogP contribution in [0.3, 0.4) is 0 Å². The normalized spacial score (nSPS) is 44.8. The van der Waals surface area contributed by atoms with E-state index in [4.69, 9.17) is 25.5 Å². The molecule has 0 aromatic rings. The van der Waals surface area contributed by atoms with E-state index >= 15 is 0 Å². The Morgan fingerprint density at radius 2 is 1.75 bits per heavy atom. The Morgan fingerprint density at radius 3 is 2.25 bits per heavy atom. The van der Waals surface area contributed by atoms with Gasteiger partial charge in [-0.25, -0.2) is 0 Å². The molecule has 71 valence electrons. The molecule has 0 amide bonds. The van der Waals surface area contributed by atoms with Crippen molar-refractivity contribution < 1.29 is 30.3 Å². The summed E-state index contributed by atoms with van der Waals surface area (Å²) < 4.78 is 4.49. The van der Waals surface area contributed by atoms with Crippen molar-refractivity contribution >= 4 is 0 Å². The van der Waals surface area contributed by atoms with Gasteiger partial charge in [0.1, 0.15) is 24.4 Å². The van der Waals surface area contributed by atoms with Crippen LogP contribution in [0, 0.1) is 6.29 Å².